The summed E-state index contributed by atoms with van der Waals surface area (Å²) >= 11 is 0. The van der Waals surface area contributed by atoms with Crippen molar-refractivity contribution in [1.82, 2.24) is 9.88 Å². The highest BCUT2D eigenvalue weighted by Crippen LogP contribution is 2.40. The molecule has 0 aliphatic carbocycles. The Morgan fingerprint density at radius 3 is 2.62 bits per heavy atom. The number of carbonyl (C=O) groups is 1. The van der Waals surface area contributed by atoms with Crippen molar-refractivity contribution < 1.29 is 18.7 Å². The molecule has 6 rings (SSSR count). The number of pyridine rings is 1. The van der Waals surface area contributed by atoms with Crippen molar-refractivity contribution in [3.63, 3.8) is 0 Å². The minimum Gasteiger partial charge on any atom is -0.497 e. The van der Waals surface area contributed by atoms with Crippen LogP contribution in [-0.4, -0.2) is 29.4 Å². The average molecular weight is 523 g/mol. The molecule has 1 aromatic heterocycles. The molecule has 0 N–H and O–H groups in total. The molecule has 0 spiro atoms. The lowest BCUT2D eigenvalue weighted by molar-refractivity contribution is 0.0261. The van der Waals surface area contributed by atoms with E-state index in [1.165, 1.54) is 6.07 Å². The molecule has 1 amide bonds. The van der Waals surface area contributed by atoms with E-state index in [9.17, 15) is 9.18 Å². The first-order valence-electron chi connectivity index (χ1n) is 13.3. The van der Waals surface area contributed by atoms with Gasteiger partial charge in [0.25, 0.3) is 5.91 Å². The second-order valence-electron chi connectivity index (χ2n) is 10.4. The third-order valence-electron chi connectivity index (χ3n) is 7.89. The van der Waals surface area contributed by atoms with Crippen LogP contribution in [0.25, 0.3) is 11.3 Å². The van der Waals surface area contributed by atoms with Crippen LogP contribution in [0, 0.1) is 19.7 Å². The maximum Gasteiger partial charge on any atom is 0.257 e. The molecule has 0 fully saturated rings. The van der Waals surface area contributed by atoms with Crippen molar-refractivity contribution in [3.05, 3.63) is 117 Å². The van der Waals surface area contributed by atoms with Gasteiger partial charge in [-0.15, -0.1) is 0 Å². The van der Waals surface area contributed by atoms with Crippen molar-refractivity contribution in [2.24, 2.45) is 0 Å². The van der Waals surface area contributed by atoms with Gasteiger partial charge in [-0.25, -0.2) is 4.39 Å². The number of fused-ring (bicyclic) bond motifs is 3. The molecule has 0 radical (unpaired) electrons. The smallest absolute Gasteiger partial charge is 0.257 e. The van der Waals surface area contributed by atoms with Gasteiger partial charge in [-0.3, -0.25) is 9.78 Å². The van der Waals surface area contributed by atoms with E-state index in [1.54, 1.807) is 24.1 Å². The van der Waals surface area contributed by atoms with Crippen LogP contribution in [0.3, 0.4) is 0 Å². The van der Waals surface area contributed by atoms with Crippen LogP contribution in [-0.2, 0) is 30.7 Å². The van der Waals surface area contributed by atoms with Crippen LogP contribution in [0.1, 0.15) is 55.5 Å². The van der Waals surface area contributed by atoms with E-state index in [0.717, 1.165) is 56.1 Å². The van der Waals surface area contributed by atoms with E-state index in [4.69, 9.17) is 14.5 Å². The Morgan fingerprint density at radius 1 is 1.03 bits per heavy atom. The molecule has 1 atom stereocenters. The Morgan fingerprint density at radius 2 is 1.85 bits per heavy atom. The predicted octanol–water partition coefficient (Wildman–Crippen LogP) is 6.53. The third kappa shape index (κ3) is 4.70. The summed E-state index contributed by atoms with van der Waals surface area (Å²) in [6.07, 6.45) is 1.20. The van der Waals surface area contributed by atoms with Gasteiger partial charge in [0.1, 0.15) is 11.6 Å². The second-order valence-corrected chi connectivity index (χ2v) is 10.4. The lowest BCUT2D eigenvalue weighted by Gasteiger charge is -2.35. The third-order valence-corrected chi connectivity index (χ3v) is 7.89. The molecule has 39 heavy (non-hydrogen) atoms. The van der Waals surface area contributed by atoms with Crippen LogP contribution in [0.5, 0.6) is 5.75 Å². The van der Waals surface area contributed by atoms with E-state index >= 15 is 0 Å². The molecular weight excluding hydrogens is 491 g/mol. The van der Waals surface area contributed by atoms with Gasteiger partial charge >= 0.3 is 0 Å². The van der Waals surface area contributed by atoms with Crippen molar-refractivity contribution in [3.8, 4) is 17.0 Å². The molecule has 4 aromatic rings. The quantitative estimate of drug-likeness (QED) is 0.306. The molecule has 2 aliphatic heterocycles. The minimum atomic E-state index is -0.490. The Hall–Kier alpha value is -4.03. The van der Waals surface area contributed by atoms with Gasteiger partial charge in [0.2, 0.25) is 0 Å². The van der Waals surface area contributed by atoms with Crippen molar-refractivity contribution in [2.75, 3.05) is 13.7 Å². The van der Waals surface area contributed by atoms with Gasteiger partial charge in [-0.1, -0.05) is 42.0 Å². The fraction of sp³-hybridized carbons (Fsp3) is 0.273. The van der Waals surface area contributed by atoms with Gasteiger partial charge in [0.05, 0.1) is 31.1 Å². The number of hydrogen-bond donors (Lipinski definition) is 0. The Kier molecular flexibility index (Phi) is 6.65. The van der Waals surface area contributed by atoms with E-state index < -0.39 is 5.82 Å². The number of aromatic nitrogens is 1. The zero-order chi connectivity index (χ0) is 27.1. The summed E-state index contributed by atoms with van der Waals surface area (Å²) in [4.78, 5) is 20.4. The maximum absolute atomic E-state index is 14.6. The van der Waals surface area contributed by atoms with Crippen LogP contribution < -0.4 is 4.74 Å². The number of carbonyl (C=O) groups excluding carboxylic acids is 1. The van der Waals surface area contributed by atoms with E-state index in [2.05, 4.69) is 25.1 Å². The normalized spacial score (nSPS) is 16.4. The number of methoxy groups -OCH3 is 1. The lowest BCUT2D eigenvalue weighted by atomic mass is 9.86. The summed E-state index contributed by atoms with van der Waals surface area (Å²) in [6, 6.07) is 21.0. The second kappa shape index (κ2) is 10.3. The van der Waals surface area contributed by atoms with Crippen LogP contribution >= 0.6 is 0 Å². The Balaban J connectivity index is 1.43. The number of hydrogen-bond acceptors (Lipinski definition) is 4. The van der Waals surface area contributed by atoms with Crippen molar-refractivity contribution >= 4 is 5.91 Å². The van der Waals surface area contributed by atoms with Crippen LogP contribution in [0.15, 0.2) is 66.7 Å². The van der Waals surface area contributed by atoms with Gasteiger partial charge in [-0.2, -0.15) is 0 Å². The summed E-state index contributed by atoms with van der Waals surface area (Å²) in [5.41, 5.74) is 9.49. The topological polar surface area (TPSA) is 51.7 Å². The first-order chi connectivity index (χ1) is 18.9. The Bertz CT molecular complexity index is 1570. The zero-order valence-corrected chi connectivity index (χ0v) is 22.5. The SMILES string of the molecule is COc1ccc(-c2nc3c(c4c2C[C@H](c2ccccc2)OC4)CN(C(=O)c2cc(C)ccc2F)CC3)c(C)c1. The fourth-order valence-electron chi connectivity index (χ4n) is 5.78. The van der Waals surface area contributed by atoms with Gasteiger partial charge in [0.15, 0.2) is 0 Å². The van der Waals surface area contributed by atoms with Gasteiger partial charge in [0, 0.05) is 37.2 Å². The van der Waals surface area contributed by atoms with Crippen LogP contribution in [0.4, 0.5) is 4.39 Å². The summed E-state index contributed by atoms with van der Waals surface area (Å²) < 4.78 is 26.5. The zero-order valence-electron chi connectivity index (χ0n) is 22.5. The first-order valence-corrected chi connectivity index (χ1v) is 13.3. The number of aryl methyl sites for hydroxylation is 2. The molecule has 2 aliphatic rings. The minimum absolute atomic E-state index is 0.0847. The standard InChI is InChI=1S/C33H31FN2O3/c1-20-9-12-29(34)26(15-20)33(37)36-14-13-30-27(18-36)28-19-39-31(22-7-5-4-6-8-22)17-25(28)32(35-30)24-11-10-23(38-3)16-21(24)2/h4-12,15-16,31H,13-14,17-19H2,1-3H3/t31-/m1/s1. The van der Waals surface area contributed by atoms with E-state index in [-0.39, 0.29) is 17.6 Å². The summed E-state index contributed by atoms with van der Waals surface area (Å²) in [5.74, 6) is 0.0339. The fourth-order valence-corrected chi connectivity index (χ4v) is 5.78. The number of ether oxygens (including phenoxy) is 2. The number of rotatable bonds is 4. The van der Waals surface area contributed by atoms with Gasteiger partial charge < -0.3 is 14.4 Å². The molecule has 0 saturated heterocycles. The highest BCUT2D eigenvalue weighted by molar-refractivity contribution is 5.95. The highest BCUT2D eigenvalue weighted by atomic mass is 19.1. The number of benzene rings is 3. The van der Waals surface area contributed by atoms with Crippen molar-refractivity contribution in [1.29, 1.82) is 0 Å². The summed E-state index contributed by atoms with van der Waals surface area (Å²) in [7, 11) is 1.67. The highest BCUT2D eigenvalue weighted by Gasteiger charge is 2.33. The largest absolute Gasteiger partial charge is 0.497 e. The lowest BCUT2D eigenvalue weighted by Crippen LogP contribution is -2.38. The van der Waals surface area contributed by atoms with Gasteiger partial charge in [-0.05, 0) is 72.0 Å². The maximum atomic E-state index is 14.6. The molecule has 0 bridgehead atoms. The van der Waals surface area contributed by atoms with E-state index in [0.29, 0.717) is 32.5 Å². The monoisotopic (exact) mass is 522 g/mol. The molecular formula is C33H31FN2O3. The number of amides is 1. The molecule has 6 heteroatoms. The molecule has 0 saturated carbocycles. The predicted molar refractivity (Wildman–Crippen MR) is 148 cm³/mol. The first kappa shape index (κ1) is 25.3. The molecule has 5 nitrogen and oxygen atoms in total. The molecule has 0 unspecified atom stereocenters. The summed E-state index contributed by atoms with van der Waals surface area (Å²) in [6.45, 7) is 5.25. The molecule has 3 heterocycles. The summed E-state index contributed by atoms with van der Waals surface area (Å²) in [5, 5.41) is 0. The van der Waals surface area contributed by atoms with Crippen LogP contribution in [0.2, 0.25) is 0 Å². The van der Waals surface area contributed by atoms with Crippen molar-refractivity contribution in [2.45, 2.75) is 45.9 Å². The number of halogens is 1. The van der Waals surface area contributed by atoms with E-state index in [1.807, 2.05) is 37.3 Å². The average Bonchev–Trinajstić information content (AvgIpc) is 2.97. The Labute approximate surface area is 228 Å². The molecule has 3 aromatic carbocycles. The number of nitrogens with zero attached hydrogens (tertiary/aromatic N) is 2. The molecule has 198 valence electrons.